The average molecular weight is 160 g/mol. The number of hydrogen-bond donors (Lipinski definition) is 0. The molecule has 1 rings (SSSR count). The number of carbonyl (C=O) groups excluding carboxylic acids is 1. The molecule has 0 spiro atoms. The molecular formula is C11H12O. The minimum atomic E-state index is -0.321. The molecule has 0 amide bonds. The predicted octanol–water partition coefficient (Wildman–Crippen LogP) is 2.10. The van der Waals surface area contributed by atoms with Crippen LogP contribution in [0.25, 0.3) is 0 Å². The minimum Gasteiger partial charge on any atom is -0.290 e. The Morgan fingerprint density at radius 1 is 1.67 bits per heavy atom. The minimum absolute atomic E-state index is 0.0642. The summed E-state index contributed by atoms with van der Waals surface area (Å²) < 4.78 is 0. The van der Waals surface area contributed by atoms with Crippen molar-refractivity contribution in [3.63, 3.8) is 0 Å². The molecule has 12 heavy (non-hydrogen) atoms. The first kappa shape index (κ1) is 8.80. The van der Waals surface area contributed by atoms with E-state index < -0.39 is 0 Å². The first-order chi connectivity index (χ1) is 5.63. The third kappa shape index (κ3) is 1.33. The molecule has 1 atom stereocenters. The third-order valence-corrected chi connectivity index (χ3v) is 2.25. The van der Waals surface area contributed by atoms with Gasteiger partial charge in [0.25, 0.3) is 0 Å². The van der Waals surface area contributed by atoms with Crippen LogP contribution in [0.1, 0.15) is 20.3 Å². The quantitative estimate of drug-likeness (QED) is 0.537. The summed E-state index contributed by atoms with van der Waals surface area (Å²) in [6, 6.07) is 0. The summed E-state index contributed by atoms with van der Waals surface area (Å²) in [5.41, 5.74) is 0.426. The Morgan fingerprint density at radius 2 is 2.33 bits per heavy atom. The smallest absolute Gasteiger partial charge is 0.181 e. The standard InChI is InChI=1S/C11H12O/c1-4-11(5-2)7-6-10(12)9(3)8-11/h1,6-8H,5H2,2-3H3. The van der Waals surface area contributed by atoms with Crippen LogP contribution >= 0.6 is 0 Å². The van der Waals surface area contributed by atoms with E-state index in [1.54, 1.807) is 13.0 Å². The van der Waals surface area contributed by atoms with E-state index in [2.05, 4.69) is 5.92 Å². The van der Waals surface area contributed by atoms with Crippen LogP contribution in [0.2, 0.25) is 0 Å². The van der Waals surface area contributed by atoms with Crippen molar-refractivity contribution >= 4 is 5.78 Å². The monoisotopic (exact) mass is 160 g/mol. The van der Waals surface area contributed by atoms with Gasteiger partial charge >= 0.3 is 0 Å². The van der Waals surface area contributed by atoms with E-state index >= 15 is 0 Å². The number of terminal acetylenes is 1. The van der Waals surface area contributed by atoms with E-state index in [9.17, 15) is 4.79 Å². The van der Waals surface area contributed by atoms with E-state index in [0.29, 0.717) is 0 Å². The van der Waals surface area contributed by atoms with E-state index in [1.807, 2.05) is 19.1 Å². The van der Waals surface area contributed by atoms with Crippen molar-refractivity contribution in [2.24, 2.45) is 5.41 Å². The van der Waals surface area contributed by atoms with Crippen molar-refractivity contribution in [2.75, 3.05) is 0 Å². The van der Waals surface area contributed by atoms with Gasteiger partial charge in [-0.05, 0) is 25.0 Å². The van der Waals surface area contributed by atoms with Gasteiger partial charge in [-0.15, -0.1) is 6.42 Å². The molecule has 1 unspecified atom stereocenters. The fourth-order valence-corrected chi connectivity index (χ4v) is 1.27. The van der Waals surface area contributed by atoms with Gasteiger partial charge in [-0.3, -0.25) is 4.79 Å². The van der Waals surface area contributed by atoms with Crippen molar-refractivity contribution in [1.29, 1.82) is 0 Å². The van der Waals surface area contributed by atoms with Crippen LogP contribution in [0.15, 0.2) is 23.8 Å². The lowest BCUT2D eigenvalue weighted by Crippen LogP contribution is -2.17. The van der Waals surface area contributed by atoms with E-state index in [-0.39, 0.29) is 11.2 Å². The van der Waals surface area contributed by atoms with Gasteiger partial charge in [0.1, 0.15) is 0 Å². The van der Waals surface area contributed by atoms with Gasteiger partial charge in [0.2, 0.25) is 0 Å². The van der Waals surface area contributed by atoms with Crippen LogP contribution in [0.4, 0.5) is 0 Å². The van der Waals surface area contributed by atoms with Crippen molar-refractivity contribution in [3.05, 3.63) is 23.8 Å². The summed E-state index contributed by atoms with van der Waals surface area (Å²) in [6.07, 6.45) is 11.5. The normalized spacial score (nSPS) is 28.1. The van der Waals surface area contributed by atoms with E-state index in [1.165, 1.54) is 0 Å². The van der Waals surface area contributed by atoms with E-state index in [4.69, 9.17) is 6.42 Å². The zero-order valence-electron chi connectivity index (χ0n) is 7.42. The van der Waals surface area contributed by atoms with Gasteiger partial charge in [-0.2, -0.15) is 0 Å². The molecule has 0 N–H and O–H groups in total. The van der Waals surface area contributed by atoms with Crippen LogP contribution in [-0.4, -0.2) is 5.78 Å². The number of carbonyl (C=O) groups is 1. The predicted molar refractivity (Wildman–Crippen MR) is 49.5 cm³/mol. The SMILES string of the molecule is C#CC1(CC)C=CC(=O)C(C)=C1. The van der Waals surface area contributed by atoms with Crippen molar-refractivity contribution in [2.45, 2.75) is 20.3 Å². The molecular weight excluding hydrogens is 148 g/mol. The van der Waals surface area contributed by atoms with Crippen LogP contribution in [0.3, 0.4) is 0 Å². The summed E-state index contributed by atoms with van der Waals surface area (Å²) in [4.78, 5) is 11.1. The van der Waals surface area contributed by atoms with Crippen LogP contribution < -0.4 is 0 Å². The lowest BCUT2D eigenvalue weighted by molar-refractivity contribution is -0.111. The number of allylic oxidation sites excluding steroid dienone is 4. The second-order valence-electron chi connectivity index (χ2n) is 3.06. The molecule has 0 aliphatic heterocycles. The fourth-order valence-electron chi connectivity index (χ4n) is 1.27. The highest BCUT2D eigenvalue weighted by molar-refractivity contribution is 6.04. The number of rotatable bonds is 1. The van der Waals surface area contributed by atoms with Crippen molar-refractivity contribution in [1.82, 2.24) is 0 Å². The van der Waals surface area contributed by atoms with Gasteiger partial charge in [-0.1, -0.05) is 25.0 Å². The third-order valence-electron chi connectivity index (χ3n) is 2.25. The molecule has 0 saturated carbocycles. The lowest BCUT2D eigenvalue weighted by atomic mass is 9.80. The average Bonchev–Trinajstić information content (AvgIpc) is 2.10. The first-order valence-electron chi connectivity index (χ1n) is 4.04. The molecule has 0 radical (unpaired) electrons. The Morgan fingerprint density at radius 3 is 2.75 bits per heavy atom. The van der Waals surface area contributed by atoms with Crippen LogP contribution in [-0.2, 0) is 4.79 Å². The second kappa shape index (κ2) is 2.98. The van der Waals surface area contributed by atoms with Gasteiger partial charge in [0.05, 0.1) is 5.41 Å². The lowest BCUT2D eigenvalue weighted by Gasteiger charge is -2.22. The molecule has 0 fully saturated rings. The van der Waals surface area contributed by atoms with Crippen molar-refractivity contribution < 1.29 is 4.79 Å². The molecule has 62 valence electrons. The molecule has 1 aliphatic rings. The molecule has 1 aliphatic carbocycles. The van der Waals surface area contributed by atoms with Gasteiger partial charge in [0.15, 0.2) is 5.78 Å². The molecule has 0 saturated heterocycles. The van der Waals surface area contributed by atoms with Gasteiger partial charge in [0, 0.05) is 0 Å². The summed E-state index contributed by atoms with van der Waals surface area (Å²) in [5.74, 6) is 2.77. The van der Waals surface area contributed by atoms with E-state index in [0.717, 1.165) is 12.0 Å². The van der Waals surface area contributed by atoms with Gasteiger partial charge < -0.3 is 0 Å². The molecule has 0 aromatic heterocycles. The first-order valence-corrected chi connectivity index (χ1v) is 4.04. The largest absolute Gasteiger partial charge is 0.290 e. The maximum absolute atomic E-state index is 11.1. The number of hydrogen-bond acceptors (Lipinski definition) is 1. The van der Waals surface area contributed by atoms with Crippen molar-refractivity contribution in [3.8, 4) is 12.3 Å². The molecule has 0 heterocycles. The Kier molecular flexibility index (Phi) is 2.19. The summed E-state index contributed by atoms with van der Waals surface area (Å²) in [7, 11) is 0. The highest BCUT2D eigenvalue weighted by Crippen LogP contribution is 2.29. The summed E-state index contributed by atoms with van der Waals surface area (Å²) in [5, 5.41) is 0. The summed E-state index contributed by atoms with van der Waals surface area (Å²) in [6.45, 7) is 3.82. The highest BCUT2D eigenvalue weighted by atomic mass is 16.1. The van der Waals surface area contributed by atoms with Crippen LogP contribution in [0, 0.1) is 17.8 Å². The number of ketones is 1. The molecule has 1 nitrogen and oxygen atoms in total. The fraction of sp³-hybridized carbons (Fsp3) is 0.364. The molecule has 1 heteroatoms. The zero-order chi connectivity index (χ0) is 9.19. The Bertz CT molecular complexity index is 301. The van der Waals surface area contributed by atoms with Crippen LogP contribution in [0.5, 0.6) is 0 Å². The maximum atomic E-state index is 11.1. The molecule has 0 aromatic carbocycles. The van der Waals surface area contributed by atoms with Gasteiger partial charge in [-0.25, -0.2) is 0 Å². The second-order valence-corrected chi connectivity index (χ2v) is 3.06. The maximum Gasteiger partial charge on any atom is 0.181 e. The zero-order valence-corrected chi connectivity index (χ0v) is 7.42. The topological polar surface area (TPSA) is 17.1 Å². The Balaban J connectivity index is 3.07. The highest BCUT2D eigenvalue weighted by Gasteiger charge is 2.23. The Hall–Kier alpha value is -1.29. The Labute approximate surface area is 73.2 Å². The molecule has 0 bridgehead atoms. The molecule has 0 aromatic rings. The summed E-state index contributed by atoms with van der Waals surface area (Å²) >= 11 is 0.